The molecule has 0 heterocycles. The van der Waals surface area contributed by atoms with Crippen LogP contribution in [0, 0.1) is 0 Å². The minimum Gasteiger partial charge on any atom is -0.458 e. The van der Waals surface area contributed by atoms with Crippen LogP contribution in [0.1, 0.15) is 40.0 Å². The predicted octanol–water partition coefficient (Wildman–Crippen LogP) is 1.22. The van der Waals surface area contributed by atoms with Crippen molar-refractivity contribution in [2.75, 3.05) is 6.61 Å². The van der Waals surface area contributed by atoms with E-state index >= 15 is 0 Å². The number of hydrogen-bond donors (Lipinski definition) is 1. The smallest absolute Gasteiger partial charge is 0.332 e. The van der Waals surface area contributed by atoms with Crippen molar-refractivity contribution in [1.29, 1.82) is 0 Å². The Morgan fingerprint density at radius 2 is 2.07 bits per heavy atom. The van der Waals surface area contributed by atoms with Crippen LogP contribution in [0.4, 0.5) is 0 Å². The highest BCUT2D eigenvalue weighted by atomic mass is 16.6. The zero-order valence-corrected chi connectivity index (χ0v) is 9.79. The first-order valence-electron chi connectivity index (χ1n) is 5.46. The lowest BCUT2D eigenvalue weighted by Gasteiger charge is -2.20. The zero-order chi connectivity index (χ0) is 11.5. The largest absolute Gasteiger partial charge is 0.458 e. The molecule has 0 unspecified atom stereocenters. The third kappa shape index (κ3) is 5.14. The van der Waals surface area contributed by atoms with E-state index in [0.29, 0.717) is 0 Å². The van der Waals surface area contributed by atoms with E-state index in [1.54, 1.807) is 0 Å². The molecular formula is C11H21NO3. The lowest BCUT2D eigenvalue weighted by atomic mass is 10.2. The first-order chi connectivity index (χ1) is 6.87. The number of nitrogens with two attached hydrogens (primary N) is 1. The average molecular weight is 215 g/mol. The second-order valence-corrected chi connectivity index (χ2v) is 5.09. The summed E-state index contributed by atoms with van der Waals surface area (Å²) in [4.78, 5) is 11.3. The van der Waals surface area contributed by atoms with E-state index in [1.165, 1.54) is 0 Å². The molecule has 1 aliphatic carbocycles. The van der Waals surface area contributed by atoms with Gasteiger partial charge in [-0.15, -0.1) is 0 Å². The quantitative estimate of drug-likeness (QED) is 0.719. The maximum atomic E-state index is 11.3. The van der Waals surface area contributed by atoms with Gasteiger partial charge in [0.2, 0.25) is 0 Å². The van der Waals surface area contributed by atoms with E-state index in [0.717, 1.165) is 19.3 Å². The van der Waals surface area contributed by atoms with Gasteiger partial charge < -0.3 is 15.2 Å². The minimum absolute atomic E-state index is 0.0364. The number of rotatable bonds is 3. The van der Waals surface area contributed by atoms with Gasteiger partial charge >= 0.3 is 5.97 Å². The second-order valence-electron chi connectivity index (χ2n) is 5.09. The summed E-state index contributed by atoms with van der Waals surface area (Å²) in [6.45, 7) is 5.57. The van der Waals surface area contributed by atoms with Crippen LogP contribution in [0.15, 0.2) is 0 Å². The number of carbonyl (C=O) groups is 1. The average Bonchev–Trinajstić information content (AvgIpc) is 2.45. The van der Waals surface area contributed by atoms with Crippen LogP contribution in [0.2, 0.25) is 0 Å². The van der Waals surface area contributed by atoms with Gasteiger partial charge in [-0.25, -0.2) is 4.79 Å². The summed E-state index contributed by atoms with van der Waals surface area (Å²) in [7, 11) is 0. The molecule has 0 aromatic heterocycles. The first-order valence-corrected chi connectivity index (χ1v) is 5.46. The SMILES string of the molecule is CC(C)(C)OC(=O)CO[C@H]1CC[C@H](N)C1. The molecule has 0 spiro atoms. The van der Waals surface area contributed by atoms with Gasteiger partial charge in [-0.2, -0.15) is 0 Å². The van der Waals surface area contributed by atoms with Crippen molar-refractivity contribution in [2.45, 2.75) is 57.8 Å². The van der Waals surface area contributed by atoms with E-state index < -0.39 is 5.60 Å². The molecule has 1 saturated carbocycles. The van der Waals surface area contributed by atoms with Crippen molar-refractivity contribution in [3.8, 4) is 0 Å². The molecule has 88 valence electrons. The summed E-state index contributed by atoms with van der Waals surface area (Å²) in [6, 6.07) is 0.230. The predicted molar refractivity (Wildman–Crippen MR) is 57.4 cm³/mol. The molecule has 2 atom stereocenters. The fraction of sp³-hybridized carbons (Fsp3) is 0.909. The lowest BCUT2D eigenvalue weighted by Crippen LogP contribution is -2.28. The molecule has 2 N–H and O–H groups in total. The van der Waals surface area contributed by atoms with Crippen molar-refractivity contribution >= 4 is 5.97 Å². The zero-order valence-electron chi connectivity index (χ0n) is 9.79. The summed E-state index contributed by atoms with van der Waals surface area (Å²) >= 11 is 0. The van der Waals surface area contributed by atoms with Gasteiger partial charge in [0.05, 0.1) is 6.10 Å². The molecule has 0 radical (unpaired) electrons. The third-order valence-corrected chi connectivity index (χ3v) is 2.28. The van der Waals surface area contributed by atoms with Gasteiger partial charge in [0.1, 0.15) is 12.2 Å². The van der Waals surface area contributed by atoms with Crippen LogP contribution >= 0.6 is 0 Å². The molecular weight excluding hydrogens is 194 g/mol. The Kier molecular flexibility index (Phi) is 4.11. The van der Waals surface area contributed by atoms with E-state index in [4.69, 9.17) is 15.2 Å². The highest BCUT2D eigenvalue weighted by Crippen LogP contribution is 2.20. The standard InChI is InChI=1S/C11H21NO3/c1-11(2,3)15-10(13)7-14-9-5-4-8(12)6-9/h8-9H,4-7,12H2,1-3H3/t8-,9-/m0/s1. The van der Waals surface area contributed by atoms with Gasteiger partial charge in [-0.3, -0.25) is 0 Å². The minimum atomic E-state index is -0.438. The molecule has 0 aliphatic heterocycles. The van der Waals surface area contributed by atoms with Crippen LogP contribution in [-0.2, 0) is 14.3 Å². The number of carbonyl (C=O) groups excluding carboxylic acids is 1. The molecule has 0 aromatic rings. The Morgan fingerprint density at radius 3 is 2.53 bits per heavy atom. The molecule has 0 saturated heterocycles. The number of ether oxygens (including phenoxy) is 2. The molecule has 4 heteroatoms. The summed E-state index contributed by atoms with van der Waals surface area (Å²) in [5.74, 6) is -0.303. The molecule has 1 rings (SSSR count). The first kappa shape index (κ1) is 12.5. The molecule has 15 heavy (non-hydrogen) atoms. The van der Waals surface area contributed by atoms with Gasteiger partial charge in [-0.05, 0) is 40.0 Å². The Labute approximate surface area is 91.1 Å². The van der Waals surface area contributed by atoms with E-state index in [-0.39, 0.29) is 24.7 Å². The van der Waals surface area contributed by atoms with E-state index in [1.807, 2.05) is 20.8 Å². The van der Waals surface area contributed by atoms with Gasteiger partial charge in [0.25, 0.3) is 0 Å². The fourth-order valence-corrected chi connectivity index (χ4v) is 1.68. The Balaban J connectivity index is 2.17. The van der Waals surface area contributed by atoms with Gasteiger partial charge in [0, 0.05) is 6.04 Å². The normalized spacial score (nSPS) is 26.7. The molecule has 0 bridgehead atoms. The summed E-state index contributed by atoms with van der Waals surface area (Å²) in [6.07, 6.45) is 2.92. The second kappa shape index (κ2) is 4.94. The fourth-order valence-electron chi connectivity index (χ4n) is 1.68. The molecule has 1 fully saturated rings. The number of esters is 1. The van der Waals surface area contributed by atoms with Crippen LogP contribution in [0.3, 0.4) is 0 Å². The van der Waals surface area contributed by atoms with Crippen molar-refractivity contribution in [2.24, 2.45) is 5.73 Å². The third-order valence-electron chi connectivity index (χ3n) is 2.28. The van der Waals surface area contributed by atoms with Crippen LogP contribution in [0.25, 0.3) is 0 Å². The van der Waals surface area contributed by atoms with Gasteiger partial charge in [0.15, 0.2) is 0 Å². The Morgan fingerprint density at radius 1 is 1.40 bits per heavy atom. The van der Waals surface area contributed by atoms with Gasteiger partial charge in [-0.1, -0.05) is 0 Å². The summed E-state index contributed by atoms with van der Waals surface area (Å²) < 4.78 is 10.6. The molecule has 1 aliphatic rings. The van der Waals surface area contributed by atoms with Crippen LogP contribution < -0.4 is 5.73 Å². The Bertz CT molecular complexity index is 222. The highest BCUT2D eigenvalue weighted by Gasteiger charge is 2.24. The van der Waals surface area contributed by atoms with Crippen LogP contribution in [-0.4, -0.2) is 30.3 Å². The molecule has 0 aromatic carbocycles. The van der Waals surface area contributed by atoms with Crippen LogP contribution in [0.5, 0.6) is 0 Å². The number of hydrogen-bond acceptors (Lipinski definition) is 4. The Hall–Kier alpha value is -0.610. The van der Waals surface area contributed by atoms with E-state index in [9.17, 15) is 4.79 Å². The van der Waals surface area contributed by atoms with Crippen molar-refractivity contribution in [1.82, 2.24) is 0 Å². The maximum Gasteiger partial charge on any atom is 0.332 e. The molecule has 4 nitrogen and oxygen atoms in total. The topological polar surface area (TPSA) is 61.5 Å². The van der Waals surface area contributed by atoms with Crippen molar-refractivity contribution in [3.63, 3.8) is 0 Å². The van der Waals surface area contributed by atoms with Crippen molar-refractivity contribution < 1.29 is 14.3 Å². The van der Waals surface area contributed by atoms with Crippen molar-refractivity contribution in [3.05, 3.63) is 0 Å². The summed E-state index contributed by atoms with van der Waals surface area (Å²) in [5, 5.41) is 0. The summed E-state index contributed by atoms with van der Waals surface area (Å²) in [5.41, 5.74) is 5.30. The monoisotopic (exact) mass is 215 g/mol. The lowest BCUT2D eigenvalue weighted by molar-refractivity contribution is -0.162. The maximum absolute atomic E-state index is 11.3. The highest BCUT2D eigenvalue weighted by molar-refractivity contribution is 5.71. The van der Waals surface area contributed by atoms with E-state index in [2.05, 4.69) is 0 Å². The molecule has 0 amide bonds.